The monoisotopic (exact) mass is 552 g/mol. The molecular formula is C29H24F4N4O3. The highest BCUT2D eigenvalue weighted by molar-refractivity contribution is 5.96. The summed E-state index contributed by atoms with van der Waals surface area (Å²) in [6.45, 7) is 1.29. The van der Waals surface area contributed by atoms with Gasteiger partial charge < -0.3 is 20.4 Å². The molecule has 3 N–H and O–H groups in total. The highest BCUT2D eigenvalue weighted by Gasteiger charge is 2.41. The molecule has 0 spiro atoms. The number of nitrogens with zero attached hydrogens (tertiary/aromatic N) is 2. The number of nitrogens with two attached hydrogens (primary N) is 1. The van der Waals surface area contributed by atoms with E-state index >= 15 is 0 Å². The third-order valence-electron chi connectivity index (χ3n) is 6.44. The molecule has 2 aromatic carbocycles. The van der Waals surface area contributed by atoms with Gasteiger partial charge in [-0.05, 0) is 72.2 Å². The fourth-order valence-corrected chi connectivity index (χ4v) is 4.47. The van der Waals surface area contributed by atoms with Crippen LogP contribution in [0.15, 0.2) is 71.3 Å². The number of nitrogen functional groups attached to an aromatic ring is 1. The number of carbonyl (C=O) groups excluding carboxylic acids is 2. The number of likely N-dealkylation sites (tertiary alicyclic amines) is 1. The lowest BCUT2D eigenvalue weighted by molar-refractivity contribution is -0.136. The standard InChI is InChI=1S/C29H24F4N4O3/c1-28(30)15-37(16-28)27(39)19-6-4-18(5-7-19)20-10-21-11-22(40-26(21)23(12-20)29(31,32)33)14-36-25(38)9-3-17-2-8-24(34)35-13-17/h2-13H,14-16H2,1H3,(H2,34,35)(H,36,38). The van der Waals surface area contributed by atoms with Crippen LogP contribution in [0.25, 0.3) is 28.2 Å². The number of amides is 2. The van der Waals surface area contributed by atoms with Gasteiger partial charge in [0.1, 0.15) is 22.8 Å². The topological polar surface area (TPSA) is 101 Å². The summed E-state index contributed by atoms with van der Waals surface area (Å²) in [6.07, 6.45) is -0.418. The quantitative estimate of drug-likeness (QED) is 0.239. The summed E-state index contributed by atoms with van der Waals surface area (Å²) in [4.78, 5) is 30.0. The number of halogens is 4. The van der Waals surface area contributed by atoms with Crippen LogP contribution in [0.2, 0.25) is 0 Å². The van der Waals surface area contributed by atoms with Crippen molar-refractivity contribution < 1.29 is 31.6 Å². The fraction of sp³-hybridized carbons (Fsp3) is 0.207. The van der Waals surface area contributed by atoms with Crippen molar-refractivity contribution in [1.29, 1.82) is 0 Å². The summed E-state index contributed by atoms with van der Waals surface area (Å²) in [5.74, 6) is -0.328. The number of aromatic nitrogens is 1. The Morgan fingerprint density at radius 1 is 1.10 bits per heavy atom. The van der Waals surface area contributed by atoms with Gasteiger partial charge in [0.25, 0.3) is 5.91 Å². The van der Waals surface area contributed by atoms with Crippen LogP contribution in [0.1, 0.15) is 34.2 Å². The lowest BCUT2D eigenvalue weighted by Crippen LogP contribution is -2.59. The van der Waals surface area contributed by atoms with Crippen LogP contribution in [-0.2, 0) is 17.5 Å². The number of anilines is 1. The maximum absolute atomic E-state index is 14.0. The van der Waals surface area contributed by atoms with Gasteiger partial charge in [0.05, 0.1) is 25.2 Å². The van der Waals surface area contributed by atoms with E-state index in [1.54, 1.807) is 30.3 Å². The number of hydrogen-bond acceptors (Lipinski definition) is 5. The third kappa shape index (κ3) is 5.83. The molecule has 5 rings (SSSR count). The van der Waals surface area contributed by atoms with Crippen LogP contribution in [0.3, 0.4) is 0 Å². The summed E-state index contributed by atoms with van der Waals surface area (Å²) in [6, 6.07) is 13.4. The summed E-state index contributed by atoms with van der Waals surface area (Å²) in [5, 5.41) is 2.79. The van der Waals surface area contributed by atoms with E-state index in [2.05, 4.69) is 10.3 Å². The minimum atomic E-state index is -4.70. The first-order valence-electron chi connectivity index (χ1n) is 12.3. The number of alkyl halides is 4. The van der Waals surface area contributed by atoms with E-state index in [9.17, 15) is 27.2 Å². The molecule has 0 unspecified atom stereocenters. The lowest BCUT2D eigenvalue weighted by atomic mass is 9.96. The van der Waals surface area contributed by atoms with E-state index in [0.717, 1.165) is 6.07 Å². The molecule has 1 aliphatic rings. The van der Waals surface area contributed by atoms with E-state index in [-0.39, 0.29) is 47.8 Å². The van der Waals surface area contributed by atoms with Crippen LogP contribution < -0.4 is 11.1 Å². The highest BCUT2D eigenvalue weighted by atomic mass is 19.4. The molecule has 0 bridgehead atoms. The van der Waals surface area contributed by atoms with Crippen LogP contribution in [0.5, 0.6) is 0 Å². The van der Waals surface area contributed by atoms with Crippen molar-refractivity contribution in [3.63, 3.8) is 0 Å². The van der Waals surface area contributed by atoms with Crippen molar-refractivity contribution >= 4 is 34.7 Å². The number of fused-ring (bicyclic) bond motifs is 1. The van der Waals surface area contributed by atoms with Gasteiger partial charge in [-0.15, -0.1) is 0 Å². The van der Waals surface area contributed by atoms with Crippen LogP contribution in [0, 0.1) is 0 Å². The van der Waals surface area contributed by atoms with Gasteiger partial charge in [-0.25, -0.2) is 9.37 Å². The average molecular weight is 553 g/mol. The van der Waals surface area contributed by atoms with E-state index in [1.165, 1.54) is 48.4 Å². The highest BCUT2D eigenvalue weighted by Crippen LogP contribution is 2.39. The number of pyridine rings is 1. The van der Waals surface area contributed by atoms with Crippen molar-refractivity contribution in [2.45, 2.75) is 25.3 Å². The molecule has 1 aliphatic heterocycles. The first kappa shape index (κ1) is 26.9. The Bertz CT molecular complexity index is 1600. The second-order valence-electron chi connectivity index (χ2n) is 9.87. The van der Waals surface area contributed by atoms with Crippen molar-refractivity contribution in [3.8, 4) is 11.1 Å². The maximum Gasteiger partial charge on any atom is 0.420 e. The van der Waals surface area contributed by atoms with Crippen molar-refractivity contribution in [2.75, 3.05) is 18.8 Å². The van der Waals surface area contributed by atoms with E-state index in [1.807, 2.05) is 0 Å². The summed E-state index contributed by atoms with van der Waals surface area (Å²) < 4.78 is 61.1. The SMILES string of the molecule is CC1(F)CN(C(=O)c2ccc(-c3cc(C(F)(F)F)c4oc(CNC(=O)C=Cc5ccc(N)nc5)cc4c3)cc2)C1. The molecule has 4 aromatic rings. The second kappa shape index (κ2) is 10.1. The van der Waals surface area contributed by atoms with Crippen LogP contribution >= 0.6 is 0 Å². The Morgan fingerprint density at radius 3 is 2.45 bits per heavy atom. The average Bonchev–Trinajstić information content (AvgIpc) is 3.31. The number of benzene rings is 2. The number of hydrogen-bond donors (Lipinski definition) is 2. The van der Waals surface area contributed by atoms with Crippen molar-refractivity contribution in [2.24, 2.45) is 0 Å². The first-order chi connectivity index (χ1) is 18.9. The molecule has 0 atom stereocenters. The minimum absolute atomic E-state index is 0.00117. The molecule has 3 heterocycles. The van der Waals surface area contributed by atoms with Gasteiger partial charge >= 0.3 is 6.18 Å². The number of rotatable bonds is 6. The third-order valence-corrected chi connectivity index (χ3v) is 6.44. The number of furan rings is 1. The Balaban J connectivity index is 1.34. The Morgan fingerprint density at radius 2 is 1.82 bits per heavy atom. The summed E-state index contributed by atoms with van der Waals surface area (Å²) in [7, 11) is 0. The molecule has 2 amide bonds. The summed E-state index contributed by atoms with van der Waals surface area (Å²) >= 11 is 0. The molecule has 206 valence electrons. The minimum Gasteiger partial charge on any atom is -0.459 e. The molecule has 7 nitrogen and oxygen atoms in total. The lowest BCUT2D eigenvalue weighted by Gasteiger charge is -2.42. The van der Waals surface area contributed by atoms with Crippen molar-refractivity contribution in [3.05, 3.63) is 89.3 Å². The zero-order chi connectivity index (χ0) is 28.7. The summed E-state index contributed by atoms with van der Waals surface area (Å²) in [5.41, 5.74) is 4.52. The predicted octanol–water partition coefficient (Wildman–Crippen LogP) is 5.61. The molecule has 1 fully saturated rings. The number of carbonyl (C=O) groups is 2. The van der Waals surface area contributed by atoms with Gasteiger partial charge in [0.15, 0.2) is 0 Å². The van der Waals surface area contributed by atoms with Crippen molar-refractivity contribution in [1.82, 2.24) is 15.2 Å². The molecule has 1 saturated heterocycles. The second-order valence-corrected chi connectivity index (χ2v) is 9.87. The van der Waals surface area contributed by atoms with Gasteiger partial charge in [-0.2, -0.15) is 13.2 Å². The largest absolute Gasteiger partial charge is 0.459 e. The molecular weight excluding hydrogens is 528 g/mol. The Kier molecular flexibility index (Phi) is 6.82. The van der Waals surface area contributed by atoms with Gasteiger partial charge in [-0.1, -0.05) is 12.1 Å². The van der Waals surface area contributed by atoms with E-state index in [0.29, 0.717) is 22.5 Å². The fourth-order valence-electron chi connectivity index (χ4n) is 4.47. The molecule has 0 radical (unpaired) electrons. The first-order valence-corrected chi connectivity index (χ1v) is 12.3. The smallest absolute Gasteiger partial charge is 0.420 e. The molecule has 11 heteroatoms. The maximum atomic E-state index is 14.0. The van der Waals surface area contributed by atoms with Crippen LogP contribution in [-0.4, -0.2) is 40.5 Å². The van der Waals surface area contributed by atoms with Gasteiger partial charge in [0.2, 0.25) is 5.91 Å². The zero-order valence-corrected chi connectivity index (χ0v) is 21.3. The molecule has 40 heavy (non-hydrogen) atoms. The molecule has 2 aromatic heterocycles. The molecule has 0 aliphatic carbocycles. The number of nitrogens with one attached hydrogen (secondary N) is 1. The normalized spacial score (nSPS) is 14.9. The molecule has 0 saturated carbocycles. The van der Waals surface area contributed by atoms with E-state index < -0.39 is 23.3 Å². The zero-order valence-electron chi connectivity index (χ0n) is 21.3. The Labute approximate surface area is 226 Å². The van der Waals surface area contributed by atoms with Gasteiger partial charge in [0, 0.05) is 23.2 Å². The Hall–Kier alpha value is -4.67. The van der Waals surface area contributed by atoms with Crippen LogP contribution in [0.4, 0.5) is 23.4 Å². The van der Waals surface area contributed by atoms with Gasteiger partial charge in [-0.3, -0.25) is 9.59 Å². The van der Waals surface area contributed by atoms with E-state index in [4.69, 9.17) is 10.2 Å². The predicted molar refractivity (Wildman–Crippen MR) is 142 cm³/mol.